The minimum absolute atomic E-state index is 0.133. The van der Waals surface area contributed by atoms with Crippen LogP contribution in [0.5, 0.6) is 0 Å². The molecule has 4 rings (SSSR count). The molecule has 2 aromatic carbocycles. The van der Waals surface area contributed by atoms with Crippen LogP contribution in [-0.4, -0.2) is 18.4 Å². The summed E-state index contributed by atoms with van der Waals surface area (Å²) in [4.78, 5) is 26.5. The molecule has 2 aliphatic rings. The summed E-state index contributed by atoms with van der Waals surface area (Å²) in [6.07, 6.45) is 5.24. The van der Waals surface area contributed by atoms with Gasteiger partial charge in [-0.25, -0.2) is 4.39 Å². The molecule has 2 aromatic rings. The van der Waals surface area contributed by atoms with Crippen molar-refractivity contribution in [3.8, 4) is 0 Å². The van der Waals surface area contributed by atoms with E-state index in [9.17, 15) is 14.0 Å². The molecule has 1 N–H and O–H groups in total. The van der Waals surface area contributed by atoms with Crippen molar-refractivity contribution in [2.75, 3.05) is 11.4 Å². The van der Waals surface area contributed by atoms with Crippen LogP contribution in [-0.2, 0) is 10.3 Å². The highest BCUT2D eigenvalue weighted by molar-refractivity contribution is 5.97. The molecule has 5 heteroatoms. The van der Waals surface area contributed by atoms with Gasteiger partial charge in [-0.3, -0.25) is 9.59 Å². The van der Waals surface area contributed by atoms with Gasteiger partial charge in [-0.05, 0) is 61.2 Å². The topological polar surface area (TPSA) is 49.4 Å². The first-order valence-corrected chi connectivity index (χ1v) is 9.56. The number of rotatable bonds is 4. The zero-order valence-corrected chi connectivity index (χ0v) is 15.2. The van der Waals surface area contributed by atoms with Gasteiger partial charge in [0.1, 0.15) is 5.82 Å². The van der Waals surface area contributed by atoms with Crippen molar-refractivity contribution in [1.82, 2.24) is 5.32 Å². The van der Waals surface area contributed by atoms with Crippen molar-refractivity contribution in [2.45, 2.75) is 44.1 Å². The Morgan fingerprint density at radius 1 is 0.963 bits per heavy atom. The number of hydrogen-bond donors (Lipinski definition) is 1. The fraction of sp³-hybridized carbons (Fsp3) is 0.364. The Morgan fingerprint density at radius 2 is 1.63 bits per heavy atom. The van der Waals surface area contributed by atoms with E-state index in [1.807, 2.05) is 12.1 Å². The van der Waals surface area contributed by atoms with E-state index in [1.54, 1.807) is 29.2 Å². The van der Waals surface area contributed by atoms with Crippen LogP contribution in [0.15, 0.2) is 48.5 Å². The summed E-state index contributed by atoms with van der Waals surface area (Å²) in [7, 11) is 0. The largest absolute Gasteiger partial charge is 0.343 e. The molecule has 4 nitrogen and oxygen atoms in total. The quantitative estimate of drug-likeness (QED) is 0.884. The average molecular weight is 366 g/mol. The van der Waals surface area contributed by atoms with E-state index in [0.717, 1.165) is 49.9 Å². The summed E-state index contributed by atoms with van der Waals surface area (Å²) in [5.74, 6) is -0.279. The molecular weight excluding hydrogens is 343 g/mol. The molecular formula is C22H23FN2O2. The van der Waals surface area contributed by atoms with Crippen molar-refractivity contribution >= 4 is 17.5 Å². The number of nitrogens with one attached hydrogen (secondary N) is 1. The maximum Gasteiger partial charge on any atom is 0.251 e. The van der Waals surface area contributed by atoms with E-state index >= 15 is 0 Å². The molecule has 0 unspecified atom stereocenters. The number of benzene rings is 2. The maximum absolute atomic E-state index is 13.3. The molecule has 0 radical (unpaired) electrons. The number of hydrogen-bond acceptors (Lipinski definition) is 2. The molecule has 1 heterocycles. The standard InChI is InChI=1S/C22H23FN2O2/c23-18-9-7-17(8-10-18)22(13-1-2-14-22)24-21(27)16-5-11-19(12-6-16)25-15-3-4-20(25)26/h5-12H,1-4,13-15H2,(H,24,27). The highest BCUT2D eigenvalue weighted by Crippen LogP contribution is 2.39. The van der Waals surface area contributed by atoms with Gasteiger partial charge in [0.05, 0.1) is 5.54 Å². The molecule has 0 spiro atoms. The van der Waals surface area contributed by atoms with E-state index in [2.05, 4.69) is 5.32 Å². The molecule has 0 aromatic heterocycles. The lowest BCUT2D eigenvalue weighted by Crippen LogP contribution is -2.43. The van der Waals surface area contributed by atoms with Gasteiger partial charge in [-0.15, -0.1) is 0 Å². The zero-order valence-electron chi connectivity index (χ0n) is 15.2. The van der Waals surface area contributed by atoms with Crippen molar-refractivity contribution < 1.29 is 14.0 Å². The number of anilines is 1. The molecule has 2 fully saturated rings. The van der Waals surface area contributed by atoms with Crippen LogP contribution in [0, 0.1) is 5.82 Å². The van der Waals surface area contributed by atoms with Gasteiger partial charge in [-0.2, -0.15) is 0 Å². The molecule has 27 heavy (non-hydrogen) atoms. The minimum Gasteiger partial charge on any atom is -0.343 e. The Morgan fingerprint density at radius 3 is 2.22 bits per heavy atom. The number of nitrogens with zero attached hydrogens (tertiary/aromatic N) is 1. The summed E-state index contributed by atoms with van der Waals surface area (Å²) < 4.78 is 13.3. The maximum atomic E-state index is 13.3. The smallest absolute Gasteiger partial charge is 0.251 e. The lowest BCUT2D eigenvalue weighted by Gasteiger charge is -2.31. The first-order chi connectivity index (χ1) is 13.1. The lowest BCUT2D eigenvalue weighted by molar-refractivity contribution is -0.117. The molecule has 1 aliphatic carbocycles. The Balaban J connectivity index is 1.53. The number of halogens is 1. The van der Waals surface area contributed by atoms with E-state index in [0.29, 0.717) is 12.0 Å². The van der Waals surface area contributed by atoms with E-state index in [-0.39, 0.29) is 17.6 Å². The van der Waals surface area contributed by atoms with Gasteiger partial charge >= 0.3 is 0 Å². The third-order valence-electron chi connectivity index (χ3n) is 5.72. The molecule has 1 saturated carbocycles. The van der Waals surface area contributed by atoms with E-state index < -0.39 is 5.54 Å². The molecule has 0 atom stereocenters. The van der Waals surface area contributed by atoms with Crippen molar-refractivity contribution in [1.29, 1.82) is 0 Å². The van der Waals surface area contributed by atoms with Crippen molar-refractivity contribution in [3.63, 3.8) is 0 Å². The second kappa shape index (κ2) is 7.14. The number of amides is 2. The van der Waals surface area contributed by atoms with Gasteiger partial charge in [0.2, 0.25) is 5.91 Å². The van der Waals surface area contributed by atoms with E-state index in [1.165, 1.54) is 12.1 Å². The predicted molar refractivity (Wildman–Crippen MR) is 102 cm³/mol. The minimum atomic E-state index is -0.436. The van der Waals surface area contributed by atoms with Gasteiger partial charge < -0.3 is 10.2 Å². The van der Waals surface area contributed by atoms with Crippen LogP contribution in [0.4, 0.5) is 10.1 Å². The molecule has 0 bridgehead atoms. The van der Waals surface area contributed by atoms with Gasteiger partial charge in [-0.1, -0.05) is 25.0 Å². The van der Waals surface area contributed by atoms with Crippen LogP contribution < -0.4 is 10.2 Å². The second-order valence-electron chi connectivity index (χ2n) is 7.45. The van der Waals surface area contributed by atoms with Crippen LogP contribution >= 0.6 is 0 Å². The Labute approximate surface area is 158 Å². The fourth-order valence-corrected chi connectivity index (χ4v) is 4.24. The summed E-state index contributed by atoms with van der Waals surface area (Å²) >= 11 is 0. The normalized spacial score (nSPS) is 18.7. The van der Waals surface area contributed by atoms with Gasteiger partial charge in [0.15, 0.2) is 0 Å². The second-order valence-corrected chi connectivity index (χ2v) is 7.45. The Bertz CT molecular complexity index is 840. The molecule has 2 amide bonds. The van der Waals surface area contributed by atoms with Crippen LogP contribution in [0.25, 0.3) is 0 Å². The molecule has 140 valence electrons. The van der Waals surface area contributed by atoms with Gasteiger partial charge in [0.25, 0.3) is 5.91 Å². The third kappa shape index (κ3) is 3.46. The summed E-state index contributed by atoms with van der Waals surface area (Å²) in [6.45, 7) is 0.734. The fourth-order valence-electron chi connectivity index (χ4n) is 4.24. The van der Waals surface area contributed by atoms with Crippen LogP contribution in [0.3, 0.4) is 0 Å². The number of carbonyl (C=O) groups is 2. The van der Waals surface area contributed by atoms with E-state index in [4.69, 9.17) is 0 Å². The van der Waals surface area contributed by atoms with Crippen molar-refractivity contribution in [2.24, 2.45) is 0 Å². The summed E-state index contributed by atoms with van der Waals surface area (Å²) in [5.41, 5.74) is 1.92. The third-order valence-corrected chi connectivity index (χ3v) is 5.72. The monoisotopic (exact) mass is 366 g/mol. The Hall–Kier alpha value is -2.69. The van der Waals surface area contributed by atoms with Gasteiger partial charge in [0, 0.05) is 24.2 Å². The lowest BCUT2D eigenvalue weighted by atomic mass is 9.87. The zero-order chi connectivity index (χ0) is 18.9. The number of carbonyl (C=O) groups excluding carboxylic acids is 2. The predicted octanol–water partition coefficient (Wildman–Crippen LogP) is 4.15. The first kappa shape index (κ1) is 17.7. The van der Waals surface area contributed by atoms with Crippen molar-refractivity contribution in [3.05, 3.63) is 65.5 Å². The van der Waals surface area contributed by atoms with Crippen LogP contribution in [0.2, 0.25) is 0 Å². The molecule has 1 saturated heterocycles. The molecule has 1 aliphatic heterocycles. The average Bonchev–Trinajstić information content (AvgIpc) is 3.32. The highest BCUT2D eigenvalue weighted by atomic mass is 19.1. The summed E-state index contributed by atoms with van der Waals surface area (Å²) in [5, 5.41) is 3.20. The first-order valence-electron chi connectivity index (χ1n) is 9.56. The summed E-state index contributed by atoms with van der Waals surface area (Å²) in [6, 6.07) is 13.6. The Kier molecular flexibility index (Phi) is 4.68. The SMILES string of the molecule is O=C(NC1(c2ccc(F)cc2)CCCC1)c1ccc(N2CCCC2=O)cc1. The van der Waals surface area contributed by atoms with Crippen LogP contribution in [0.1, 0.15) is 54.4 Å². The highest BCUT2D eigenvalue weighted by Gasteiger charge is 2.37.